The van der Waals surface area contributed by atoms with Crippen molar-refractivity contribution in [3.63, 3.8) is 0 Å². The summed E-state index contributed by atoms with van der Waals surface area (Å²) in [6.45, 7) is 9.18. The molecule has 1 aliphatic heterocycles. The fraction of sp³-hybridized carbons (Fsp3) is 0.625. The average Bonchev–Trinajstić information content (AvgIpc) is 2.37. The fourth-order valence-electron chi connectivity index (χ4n) is 2.89. The van der Waals surface area contributed by atoms with Gasteiger partial charge in [-0.05, 0) is 41.9 Å². The van der Waals surface area contributed by atoms with Crippen LogP contribution in [0.1, 0.15) is 39.2 Å². The molecule has 1 aliphatic rings. The van der Waals surface area contributed by atoms with Crippen molar-refractivity contribution in [1.29, 1.82) is 0 Å². The van der Waals surface area contributed by atoms with Crippen LogP contribution in [-0.2, 0) is 6.61 Å². The minimum Gasteiger partial charge on any atom is -0.392 e. The van der Waals surface area contributed by atoms with E-state index >= 15 is 0 Å². The van der Waals surface area contributed by atoms with Crippen molar-refractivity contribution in [2.45, 2.75) is 40.2 Å². The van der Waals surface area contributed by atoms with Gasteiger partial charge in [0, 0.05) is 13.1 Å². The number of hydrogen-bond donors (Lipinski definition) is 1. The van der Waals surface area contributed by atoms with Crippen molar-refractivity contribution in [3.05, 3.63) is 28.8 Å². The number of halogens is 1. The number of aliphatic hydroxyl groups excluding tert-OH is 1. The molecule has 1 N–H and O–H groups in total. The second kappa shape index (κ2) is 5.72. The van der Waals surface area contributed by atoms with E-state index in [1.54, 1.807) is 0 Å². The lowest BCUT2D eigenvalue weighted by atomic mass is 9.75. The lowest BCUT2D eigenvalue weighted by Gasteiger charge is -2.40. The molecule has 2 nitrogen and oxygen atoms in total. The van der Waals surface area contributed by atoms with Gasteiger partial charge in [-0.1, -0.05) is 38.4 Å². The molecule has 0 atom stereocenters. The van der Waals surface area contributed by atoms with Crippen molar-refractivity contribution < 1.29 is 5.11 Å². The molecule has 0 saturated carbocycles. The van der Waals surface area contributed by atoms with Crippen LogP contribution in [0.2, 0.25) is 5.02 Å². The molecule has 0 aliphatic carbocycles. The summed E-state index contributed by atoms with van der Waals surface area (Å²) in [5.74, 6) is 0.791. The minimum atomic E-state index is 0.0477. The van der Waals surface area contributed by atoms with Crippen LogP contribution in [0.4, 0.5) is 5.69 Å². The second-order valence-electron chi connectivity index (χ2n) is 6.57. The summed E-state index contributed by atoms with van der Waals surface area (Å²) in [5.41, 5.74) is 2.38. The first-order valence-corrected chi connectivity index (χ1v) is 7.44. The van der Waals surface area contributed by atoms with Gasteiger partial charge in [-0.25, -0.2) is 0 Å². The Hall–Kier alpha value is -0.730. The number of piperidine rings is 1. The molecule has 1 aromatic rings. The molecule has 1 heterocycles. The first-order chi connectivity index (χ1) is 8.91. The van der Waals surface area contributed by atoms with Gasteiger partial charge in [0.2, 0.25) is 0 Å². The third-order valence-electron chi connectivity index (χ3n) is 4.26. The third-order valence-corrected chi connectivity index (χ3v) is 4.56. The lowest BCUT2D eigenvalue weighted by molar-refractivity contribution is 0.199. The summed E-state index contributed by atoms with van der Waals surface area (Å²) in [6.07, 6.45) is 2.45. The van der Waals surface area contributed by atoms with Gasteiger partial charge >= 0.3 is 0 Å². The molecular weight excluding hydrogens is 258 g/mol. The summed E-state index contributed by atoms with van der Waals surface area (Å²) >= 11 is 6.32. The smallest absolute Gasteiger partial charge is 0.0682 e. The first-order valence-electron chi connectivity index (χ1n) is 7.06. The number of aliphatic hydroxyl groups is 1. The van der Waals surface area contributed by atoms with Gasteiger partial charge in [0.1, 0.15) is 0 Å². The Morgan fingerprint density at radius 1 is 1.26 bits per heavy atom. The van der Waals surface area contributed by atoms with Gasteiger partial charge in [-0.15, -0.1) is 0 Å². The van der Waals surface area contributed by atoms with Crippen LogP contribution in [0.15, 0.2) is 18.2 Å². The van der Waals surface area contributed by atoms with Gasteiger partial charge in [0.05, 0.1) is 17.3 Å². The normalized spacial score (nSPS) is 17.8. The quantitative estimate of drug-likeness (QED) is 0.882. The van der Waals surface area contributed by atoms with Crippen LogP contribution in [0, 0.1) is 11.3 Å². The Labute approximate surface area is 121 Å². The average molecular weight is 282 g/mol. The van der Waals surface area contributed by atoms with Crippen molar-refractivity contribution >= 4 is 17.3 Å². The molecule has 0 aromatic heterocycles. The summed E-state index contributed by atoms with van der Waals surface area (Å²) in [7, 11) is 0. The molecule has 0 radical (unpaired) electrons. The van der Waals surface area contributed by atoms with Crippen molar-refractivity contribution in [3.8, 4) is 0 Å². The number of nitrogens with zero attached hydrogens (tertiary/aromatic N) is 1. The molecule has 3 heteroatoms. The van der Waals surface area contributed by atoms with E-state index in [-0.39, 0.29) is 6.61 Å². The van der Waals surface area contributed by atoms with E-state index in [1.807, 2.05) is 18.2 Å². The van der Waals surface area contributed by atoms with E-state index in [0.717, 1.165) is 35.3 Å². The van der Waals surface area contributed by atoms with Crippen LogP contribution in [0.25, 0.3) is 0 Å². The Bertz CT molecular complexity index is 431. The Morgan fingerprint density at radius 3 is 2.37 bits per heavy atom. The largest absolute Gasteiger partial charge is 0.392 e. The van der Waals surface area contributed by atoms with Crippen molar-refractivity contribution in [2.75, 3.05) is 18.0 Å². The van der Waals surface area contributed by atoms with E-state index in [2.05, 4.69) is 25.7 Å². The van der Waals surface area contributed by atoms with Gasteiger partial charge in [0.25, 0.3) is 0 Å². The van der Waals surface area contributed by atoms with E-state index in [1.165, 1.54) is 12.8 Å². The lowest BCUT2D eigenvalue weighted by Crippen LogP contribution is -2.38. The first kappa shape index (κ1) is 14.7. The van der Waals surface area contributed by atoms with Gasteiger partial charge in [-0.3, -0.25) is 0 Å². The molecule has 1 fully saturated rings. The molecule has 0 unspecified atom stereocenters. The minimum absolute atomic E-state index is 0.0477. The van der Waals surface area contributed by atoms with Crippen LogP contribution in [0.5, 0.6) is 0 Å². The standard InChI is InChI=1S/C16H24ClNO/c1-16(2,3)13-6-8-18(9-7-13)15-5-4-12(11-19)10-14(15)17/h4-5,10,13,19H,6-9,11H2,1-3H3. The van der Waals surface area contributed by atoms with Crippen LogP contribution >= 0.6 is 11.6 Å². The number of hydrogen-bond acceptors (Lipinski definition) is 2. The van der Waals surface area contributed by atoms with E-state index in [0.29, 0.717) is 5.41 Å². The van der Waals surface area contributed by atoms with Crippen LogP contribution < -0.4 is 4.90 Å². The van der Waals surface area contributed by atoms with Crippen LogP contribution in [-0.4, -0.2) is 18.2 Å². The highest BCUT2D eigenvalue weighted by molar-refractivity contribution is 6.33. The third kappa shape index (κ3) is 3.43. The molecule has 19 heavy (non-hydrogen) atoms. The van der Waals surface area contributed by atoms with Crippen LogP contribution in [0.3, 0.4) is 0 Å². The van der Waals surface area contributed by atoms with Crippen molar-refractivity contribution in [2.24, 2.45) is 11.3 Å². The van der Waals surface area contributed by atoms with Gasteiger partial charge < -0.3 is 10.0 Å². The molecule has 0 spiro atoms. The monoisotopic (exact) mass is 281 g/mol. The Kier molecular flexibility index (Phi) is 4.42. The van der Waals surface area contributed by atoms with Gasteiger partial charge in [-0.2, -0.15) is 0 Å². The van der Waals surface area contributed by atoms with E-state index in [4.69, 9.17) is 16.7 Å². The molecular formula is C16H24ClNO. The predicted octanol–water partition coefficient (Wildman–Crippen LogP) is 4.09. The van der Waals surface area contributed by atoms with Gasteiger partial charge in [0.15, 0.2) is 0 Å². The number of benzene rings is 1. The number of rotatable bonds is 2. The maximum absolute atomic E-state index is 9.12. The fourth-order valence-corrected chi connectivity index (χ4v) is 3.21. The van der Waals surface area contributed by atoms with Crippen molar-refractivity contribution in [1.82, 2.24) is 0 Å². The highest BCUT2D eigenvalue weighted by atomic mass is 35.5. The second-order valence-corrected chi connectivity index (χ2v) is 6.98. The topological polar surface area (TPSA) is 23.5 Å². The zero-order chi connectivity index (χ0) is 14.0. The highest BCUT2D eigenvalue weighted by Gasteiger charge is 2.29. The predicted molar refractivity (Wildman–Crippen MR) is 81.8 cm³/mol. The highest BCUT2D eigenvalue weighted by Crippen LogP contribution is 2.37. The molecule has 106 valence electrons. The Morgan fingerprint density at radius 2 is 1.89 bits per heavy atom. The van der Waals surface area contributed by atoms with E-state index < -0.39 is 0 Å². The summed E-state index contributed by atoms with van der Waals surface area (Å²) in [5, 5.41) is 9.87. The summed E-state index contributed by atoms with van der Waals surface area (Å²) in [4.78, 5) is 2.37. The number of anilines is 1. The molecule has 0 bridgehead atoms. The maximum atomic E-state index is 9.12. The Balaban J connectivity index is 2.06. The molecule has 0 amide bonds. The molecule has 2 rings (SSSR count). The zero-order valence-electron chi connectivity index (χ0n) is 12.1. The SMILES string of the molecule is CC(C)(C)C1CCN(c2ccc(CO)cc2Cl)CC1. The van der Waals surface area contributed by atoms with E-state index in [9.17, 15) is 0 Å². The summed E-state index contributed by atoms with van der Waals surface area (Å²) < 4.78 is 0. The molecule has 1 saturated heterocycles. The zero-order valence-corrected chi connectivity index (χ0v) is 12.9. The maximum Gasteiger partial charge on any atom is 0.0682 e. The summed E-state index contributed by atoms with van der Waals surface area (Å²) in [6, 6.07) is 5.86. The molecule has 1 aromatic carbocycles.